The maximum absolute atomic E-state index is 11.3. The van der Waals surface area contributed by atoms with Gasteiger partial charge in [-0.05, 0) is 12.8 Å². The summed E-state index contributed by atoms with van der Waals surface area (Å²) in [7, 11) is 0. The number of carboxylic acid groups (broad SMARTS) is 1. The van der Waals surface area contributed by atoms with Gasteiger partial charge in [-0.2, -0.15) is 14.6 Å². The predicted molar refractivity (Wildman–Crippen MR) is 74.7 cm³/mol. The van der Waals surface area contributed by atoms with Crippen LogP contribution in [0.25, 0.3) is 5.78 Å². The molecule has 0 fully saturated rings. The van der Waals surface area contributed by atoms with Gasteiger partial charge >= 0.3 is 5.97 Å². The van der Waals surface area contributed by atoms with E-state index in [1.54, 1.807) is 0 Å². The molecular formula is C13H19N5O2. The van der Waals surface area contributed by atoms with Crippen molar-refractivity contribution in [2.75, 3.05) is 5.32 Å². The lowest BCUT2D eigenvalue weighted by Gasteiger charge is -2.16. The molecule has 1 atom stereocenters. The Bertz CT molecular complexity index is 595. The number of anilines is 1. The van der Waals surface area contributed by atoms with E-state index in [0.717, 1.165) is 25.0 Å². The molecule has 0 saturated carbocycles. The van der Waals surface area contributed by atoms with E-state index in [9.17, 15) is 9.90 Å². The van der Waals surface area contributed by atoms with Gasteiger partial charge in [0.15, 0.2) is 0 Å². The Balaban J connectivity index is 2.35. The van der Waals surface area contributed by atoms with Gasteiger partial charge in [0.05, 0.1) is 0 Å². The minimum Gasteiger partial charge on any atom is -0.480 e. The molecule has 0 radical (unpaired) electrons. The van der Waals surface area contributed by atoms with Crippen molar-refractivity contribution >= 4 is 17.6 Å². The Morgan fingerprint density at radius 1 is 1.45 bits per heavy atom. The first-order chi connectivity index (χ1) is 9.65. The third-order valence-corrected chi connectivity index (χ3v) is 3.01. The highest BCUT2D eigenvalue weighted by Gasteiger charge is 2.18. The number of fused-ring (bicyclic) bond motifs is 1. The molecule has 2 rings (SSSR count). The van der Waals surface area contributed by atoms with E-state index in [2.05, 4.69) is 27.3 Å². The Morgan fingerprint density at radius 3 is 2.90 bits per heavy atom. The van der Waals surface area contributed by atoms with Gasteiger partial charge in [-0.25, -0.2) is 9.78 Å². The molecule has 0 aliphatic carbocycles. The number of aliphatic carboxylic acids is 1. The van der Waals surface area contributed by atoms with Gasteiger partial charge in [-0.3, -0.25) is 0 Å². The lowest BCUT2D eigenvalue weighted by molar-refractivity contribution is -0.138. The molecule has 0 aliphatic rings. The van der Waals surface area contributed by atoms with Gasteiger partial charge in [0, 0.05) is 11.8 Å². The van der Waals surface area contributed by atoms with Crippen molar-refractivity contribution in [2.24, 2.45) is 0 Å². The van der Waals surface area contributed by atoms with Crippen molar-refractivity contribution in [3.63, 3.8) is 0 Å². The second kappa shape index (κ2) is 6.31. The smallest absolute Gasteiger partial charge is 0.326 e. The van der Waals surface area contributed by atoms with Crippen LogP contribution in [0.5, 0.6) is 0 Å². The quantitative estimate of drug-likeness (QED) is 0.801. The summed E-state index contributed by atoms with van der Waals surface area (Å²) in [6.45, 7) is 4.03. The fraction of sp³-hybridized carbons (Fsp3) is 0.538. The summed E-state index contributed by atoms with van der Waals surface area (Å²) in [6.07, 6.45) is 4.55. The standard InChI is InChI=1S/C13H19N5O2/c1-3-5-9-7-11(17-10(6-4-2)12(19)20)18-13(16-9)14-8-15-18/h7-8,10,17H,3-6H2,1-2H3,(H,19,20). The fourth-order valence-electron chi connectivity index (χ4n) is 2.07. The lowest BCUT2D eigenvalue weighted by Crippen LogP contribution is -2.30. The Morgan fingerprint density at radius 2 is 2.25 bits per heavy atom. The lowest BCUT2D eigenvalue weighted by atomic mass is 10.1. The monoisotopic (exact) mass is 277 g/mol. The van der Waals surface area contributed by atoms with Crippen molar-refractivity contribution in [2.45, 2.75) is 45.6 Å². The summed E-state index contributed by atoms with van der Waals surface area (Å²) in [5.74, 6) is 0.241. The fourth-order valence-corrected chi connectivity index (χ4v) is 2.07. The summed E-state index contributed by atoms with van der Waals surface area (Å²) in [6, 6.07) is 1.21. The van der Waals surface area contributed by atoms with Crippen LogP contribution in [0.3, 0.4) is 0 Å². The van der Waals surface area contributed by atoms with Crippen molar-refractivity contribution in [1.82, 2.24) is 19.6 Å². The summed E-state index contributed by atoms with van der Waals surface area (Å²) < 4.78 is 1.53. The van der Waals surface area contributed by atoms with Crippen LogP contribution in [0.15, 0.2) is 12.4 Å². The molecule has 7 nitrogen and oxygen atoms in total. The third kappa shape index (κ3) is 3.04. The number of nitrogens with one attached hydrogen (secondary N) is 1. The molecule has 2 aromatic rings. The van der Waals surface area contributed by atoms with Crippen LogP contribution in [0.2, 0.25) is 0 Å². The SMILES string of the molecule is CCCc1cc(NC(CCC)C(=O)O)n2ncnc2n1. The largest absolute Gasteiger partial charge is 0.480 e. The number of aromatic nitrogens is 4. The van der Waals surface area contributed by atoms with Crippen molar-refractivity contribution in [3.05, 3.63) is 18.1 Å². The van der Waals surface area contributed by atoms with Gasteiger partial charge in [0.25, 0.3) is 5.78 Å². The normalized spacial score (nSPS) is 12.5. The van der Waals surface area contributed by atoms with Crippen LogP contribution in [0.1, 0.15) is 38.8 Å². The van der Waals surface area contributed by atoms with Crippen LogP contribution in [0.4, 0.5) is 5.82 Å². The first kappa shape index (κ1) is 14.2. The van der Waals surface area contributed by atoms with Crippen LogP contribution in [-0.2, 0) is 11.2 Å². The first-order valence-corrected chi connectivity index (χ1v) is 6.84. The van der Waals surface area contributed by atoms with Gasteiger partial charge in [0.1, 0.15) is 18.2 Å². The maximum atomic E-state index is 11.3. The molecule has 2 heterocycles. The highest BCUT2D eigenvalue weighted by Crippen LogP contribution is 2.15. The van der Waals surface area contributed by atoms with Gasteiger partial charge in [0.2, 0.25) is 0 Å². The summed E-state index contributed by atoms with van der Waals surface area (Å²) in [5.41, 5.74) is 0.885. The zero-order valence-corrected chi connectivity index (χ0v) is 11.7. The van der Waals surface area contributed by atoms with E-state index >= 15 is 0 Å². The van der Waals surface area contributed by atoms with E-state index in [1.807, 2.05) is 13.0 Å². The van der Waals surface area contributed by atoms with E-state index < -0.39 is 12.0 Å². The van der Waals surface area contributed by atoms with E-state index in [-0.39, 0.29) is 0 Å². The zero-order chi connectivity index (χ0) is 14.5. The Labute approximate surface area is 117 Å². The molecule has 0 spiro atoms. The average Bonchev–Trinajstić information content (AvgIpc) is 2.86. The number of hydrogen-bond acceptors (Lipinski definition) is 5. The molecule has 0 bridgehead atoms. The molecule has 20 heavy (non-hydrogen) atoms. The number of aryl methyl sites for hydroxylation is 1. The number of rotatable bonds is 7. The van der Waals surface area contributed by atoms with Crippen LogP contribution < -0.4 is 5.32 Å². The molecular weight excluding hydrogens is 258 g/mol. The van der Waals surface area contributed by atoms with Crippen molar-refractivity contribution in [3.8, 4) is 0 Å². The zero-order valence-electron chi connectivity index (χ0n) is 11.7. The molecule has 0 saturated heterocycles. The second-order valence-corrected chi connectivity index (χ2v) is 4.68. The molecule has 2 N–H and O–H groups in total. The molecule has 2 aromatic heterocycles. The van der Waals surface area contributed by atoms with Gasteiger partial charge < -0.3 is 10.4 Å². The summed E-state index contributed by atoms with van der Waals surface area (Å²) >= 11 is 0. The molecule has 0 aliphatic heterocycles. The van der Waals surface area contributed by atoms with E-state index in [1.165, 1.54) is 10.8 Å². The van der Waals surface area contributed by atoms with Crippen LogP contribution in [0, 0.1) is 0 Å². The minimum absolute atomic E-state index is 0.485. The van der Waals surface area contributed by atoms with Crippen LogP contribution in [-0.4, -0.2) is 36.7 Å². The number of nitrogens with zero attached hydrogens (tertiary/aromatic N) is 4. The van der Waals surface area contributed by atoms with E-state index in [4.69, 9.17) is 0 Å². The molecule has 0 aromatic carbocycles. The second-order valence-electron chi connectivity index (χ2n) is 4.68. The van der Waals surface area contributed by atoms with Crippen LogP contribution >= 0.6 is 0 Å². The van der Waals surface area contributed by atoms with Gasteiger partial charge in [-0.1, -0.05) is 26.7 Å². The minimum atomic E-state index is -0.867. The Hall–Kier alpha value is -2.18. The summed E-state index contributed by atoms with van der Waals surface area (Å²) in [4.78, 5) is 19.7. The maximum Gasteiger partial charge on any atom is 0.326 e. The topological polar surface area (TPSA) is 92.4 Å². The van der Waals surface area contributed by atoms with Crippen molar-refractivity contribution in [1.29, 1.82) is 0 Å². The van der Waals surface area contributed by atoms with E-state index in [0.29, 0.717) is 18.0 Å². The van der Waals surface area contributed by atoms with Crippen molar-refractivity contribution < 1.29 is 9.90 Å². The average molecular weight is 277 g/mol. The first-order valence-electron chi connectivity index (χ1n) is 6.84. The number of hydrogen-bond donors (Lipinski definition) is 2. The Kier molecular flexibility index (Phi) is 4.49. The molecule has 1 unspecified atom stereocenters. The molecule has 0 amide bonds. The third-order valence-electron chi connectivity index (χ3n) is 3.01. The highest BCUT2D eigenvalue weighted by atomic mass is 16.4. The molecule has 7 heteroatoms. The van der Waals surface area contributed by atoms with Gasteiger partial charge in [-0.15, -0.1) is 0 Å². The predicted octanol–water partition coefficient (Wildman–Crippen LogP) is 1.74. The molecule has 108 valence electrons. The summed E-state index contributed by atoms with van der Waals surface area (Å²) in [5, 5.41) is 16.3. The highest BCUT2D eigenvalue weighted by molar-refractivity contribution is 5.77. The number of carboxylic acids is 1. The number of carbonyl (C=O) groups is 1.